The van der Waals surface area contributed by atoms with Gasteiger partial charge in [-0.2, -0.15) is 0 Å². The molecule has 0 amide bonds. The molecule has 0 saturated carbocycles. The quantitative estimate of drug-likeness (QED) is 0.584. The first kappa shape index (κ1) is 16.0. The molecule has 2 heteroatoms. The van der Waals surface area contributed by atoms with Gasteiger partial charge < -0.3 is 0 Å². The molecule has 0 fully saturated rings. The topological polar surface area (TPSA) is 25.2 Å². The SMILES string of the molecule is CC(C)(C)C1(C)Cc2ccccc2C(c2cnc3ccccc3c2)=N1. The van der Waals surface area contributed by atoms with E-state index in [1.807, 2.05) is 12.3 Å². The maximum atomic E-state index is 5.28. The summed E-state index contributed by atoms with van der Waals surface area (Å²) in [6, 6.07) is 19.1. The van der Waals surface area contributed by atoms with Crippen LogP contribution < -0.4 is 0 Å². The van der Waals surface area contributed by atoms with Crippen molar-refractivity contribution in [3.05, 3.63) is 77.5 Å². The highest BCUT2D eigenvalue weighted by atomic mass is 14.9. The second-order valence-electron chi connectivity index (χ2n) is 8.23. The molecule has 4 rings (SSSR count). The van der Waals surface area contributed by atoms with E-state index in [0.717, 1.165) is 28.6 Å². The summed E-state index contributed by atoms with van der Waals surface area (Å²) in [5.74, 6) is 0. The summed E-state index contributed by atoms with van der Waals surface area (Å²) in [7, 11) is 0. The molecule has 0 bridgehead atoms. The lowest BCUT2D eigenvalue weighted by atomic mass is 9.69. The second-order valence-corrected chi connectivity index (χ2v) is 8.23. The van der Waals surface area contributed by atoms with E-state index in [4.69, 9.17) is 4.99 Å². The van der Waals surface area contributed by atoms with Gasteiger partial charge >= 0.3 is 0 Å². The average molecular weight is 328 g/mol. The zero-order valence-electron chi connectivity index (χ0n) is 15.4. The number of nitrogens with zero attached hydrogens (tertiary/aromatic N) is 2. The predicted octanol–water partition coefficient (Wildman–Crippen LogP) is 5.43. The Balaban J connectivity index is 1.95. The van der Waals surface area contributed by atoms with E-state index >= 15 is 0 Å². The summed E-state index contributed by atoms with van der Waals surface area (Å²) in [5.41, 5.74) is 5.74. The summed E-state index contributed by atoms with van der Waals surface area (Å²) in [6.45, 7) is 9.11. The third-order valence-electron chi connectivity index (χ3n) is 5.65. The minimum Gasteiger partial charge on any atom is -0.277 e. The first-order chi connectivity index (χ1) is 11.9. The molecule has 0 spiro atoms. The Labute approximate surface area is 149 Å². The molecular formula is C23H24N2. The summed E-state index contributed by atoms with van der Waals surface area (Å²) in [4.78, 5) is 9.94. The van der Waals surface area contributed by atoms with Gasteiger partial charge in [-0.15, -0.1) is 0 Å². The van der Waals surface area contributed by atoms with Crippen LogP contribution in [0.5, 0.6) is 0 Å². The average Bonchev–Trinajstić information content (AvgIpc) is 2.59. The number of hydrogen-bond acceptors (Lipinski definition) is 2. The molecule has 1 aliphatic rings. The largest absolute Gasteiger partial charge is 0.277 e. The van der Waals surface area contributed by atoms with Gasteiger partial charge in [0.1, 0.15) is 0 Å². The fourth-order valence-corrected chi connectivity index (χ4v) is 3.48. The number of aromatic nitrogens is 1. The molecule has 1 aliphatic heterocycles. The van der Waals surface area contributed by atoms with Crippen molar-refractivity contribution in [3.63, 3.8) is 0 Å². The van der Waals surface area contributed by atoms with Crippen molar-refractivity contribution in [2.45, 2.75) is 39.7 Å². The fraction of sp³-hybridized carbons (Fsp3) is 0.304. The van der Waals surface area contributed by atoms with E-state index in [0.29, 0.717) is 0 Å². The zero-order chi connectivity index (χ0) is 17.7. The normalized spacial score (nSPS) is 20.2. The van der Waals surface area contributed by atoms with Crippen LogP contribution in [0.2, 0.25) is 0 Å². The lowest BCUT2D eigenvalue weighted by Crippen LogP contribution is -2.43. The second kappa shape index (κ2) is 5.52. The van der Waals surface area contributed by atoms with Gasteiger partial charge in [0.15, 0.2) is 0 Å². The van der Waals surface area contributed by atoms with Crippen molar-refractivity contribution in [1.82, 2.24) is 4.98 Å². The first-order valence-electron chi connectivity index (χ1n) is 8.91. The van der Waals surface area contributed by atoms with E-state index in [1.165, 1.54) is 11.1 Å². The summed E-state index contributed by atoms with van der Waals surface area (Å²) in [5, 5.41) is 1.16. The van der Waals surface area contributed by atoms with Crippen LogP contribution in [0.3, 0.4) is 0 Å². The smallest absolute Gasteiger partial charge is 0.0744 e. The van der Waals surface area contributed by atoms with Crippen molar-refractivity contribution in [1.29, 1.82) is 0 Å². The molecule has 2 aromatic carbocycles. The standard InChI is InChI=1S/C23H24N2/c1-22(2,3)23(4)14-17-10-5-7-11-19(17)21(25-23)18-13-16-9-6-8-12-20(16)24-15-18/h5-13,15H,14H2,1-4H3. The number of rotatable bonds is 1. The Morgan fingerprint density at radius 3 is 2.48 bits per heavy atom. The van der Waals surface area contributed by atoms with E-state index < -0.39 is 0 Å². The van der Waals surface area contributed by atoms with Gasteiger partial charge in [0.05, 0.1) is 16.8 Å². The highest BCUT2D eigenvalue weighted by molar-refractivity contribution is 6.15. The maximum absolute atomic E-state index is 5.28. The van der Waals surface area contributed by atoms with Gasteiger partial charge in [-0.25, -0.2) is 0 Å². The van der Waals surface area contributed by atoms with E-state index in [1.54, 1.807) is 0 Å². The van der Waals surface area contributed by atoms with E-state index in [9.17, 15) is 0 Å². The van der Waals surface area contributed by atoms with Gasteiger partial charge in [0.2, 0.25) is 0 Å². The Kier molecular flexibility index (Phi) is 3.54. The number of para-hydroxylation sites is 1. The van der Waals surface area contributed by atoms with Crippen LogP contribution in [-0.2, 0) is 6.42 Å². The van der Waals surface area contributed by atoms with Gasteiger partial charge in [-0.1, -0.05) is 63.2 Å². The maximum Gasteiger partial charge on any atom is 0.0744 e. The van der Waals surface area contributed by atoms with E-state index in [-0.39, 0.29) is 11.0 Å². The van der Waals surface area contributed by atoms with Crippen molar-refractivity contribution in [3.8, 4) is 0 Å². The van der Waals surface area contributed by atoms with Crippen LogP contribution >= 0.6 is 0 Å². The Morgan fingerprint density at radius 1 is 0.960 bits per heavy atom. The summed E-state index contributed by atoms with van der Waals surface area (Å²) in [6.07, 6.45) is 2.93. The third-order valence-corrected chi connectivity index (χ3v) is 5.65. The highest BCUT2D eigenvalue weighted by Gasteiger charge is 2.41. The molecule has 2 heterocycles. The van der Waals surface area contributed by atoms with Crippen LogP contribution in [0.25, 0.3) is 10.9 Å². The first-order valence-corrected chi connectivity index (χ1v) is 8.91. The molecule has 1 atom stereocenters. The van der Waals surface area contributed by atoms with Crippen LogP contribution in [0.4, 0.5) is 0 Å². The van der Waals surface area contributed by atoms with Crippen molar-refractivity contribution < 1.29 is 0 Å². The lowest BCUT2D eigenvalue weighted by molar-refractivity contribution is 0.208. The minimum absolute atomic E-state index is 0.0794. The van der Waals surface area contributed by atoms with Gasteiger partial charge in [0.25, 0.3) is 0 Å². The molecule has 2 nitrogen and oxygen atoms in total. The van der Waals surface area contributed by atoms with Crippen LogP contribution in [0.1, 0.15) is 44.4 Å². The van der Waals surface area contributed by atoms with Crippen molar-refractivity contribution in [2.24, 2.45) is 10.4 Å². The van der Waals surface area contributed by atoms with Crippen molar-refractivity contribution in [2.75, 3.05) is 0 Å². The predicted molar refractivity (Wildman–Crippen MR) is 105 cm³/mol. The van der Waals surface area contributed by atoms with Crippen LogP contribution in [-0.4, -0.2) is 16.2 Å². The van der Waals surface area contributed by atoms with Gasteiger partial charge in [0, 0.05) is 22.7 Å². The molecule has 0 saturated heterocycles. The van der Waals surface area contributed by atoms with Crippen molar-refractivity contribution >= 4 is 16.6 Å². The van der Waals surface area contributed by atoms with E-state index in [2.05, 4.69) is 81.2 Å². The van der Waals surface area contributed by atoms with Crippen LogP contribution in [0.15, 0.2) is 65.8 Å². The van der Waals surface area contributed by atoms with Gasteiger partial charge in [-0.05, 0) is 36.5 Å². The highest BCUT2D eigenvalue weighted by Crippen LogP contribution is 2.41. The summed E-state index contributed by atoms with van der Waals surface area (Å²) < 4.78 is 0. The van der Waals surface area contributed by atoms with Crippen LogP contribution in [0, 0.1) is 5.41 Å². The fourth-order valence-electron chi connectivity index (χ4n) is 3.48. The molecule has 3 aromatic rings. The molecule has 0 N–H and O–H groups in total. The Morgan fingerprint density at radius 2 is 1.68 bits per heavy atom. The number of benzene rings is 2. The molecule has 126 valence electrons. The van der Waals surface area contributed by atoms with Gasteiger partial charge in [-0.3, -0.25) is 9.98 Å². The number of hydrogen-bond donors (Lipinski definition) is 0. The minimum atomic E-state index is -0.137. The number of pyridine rings is 1. The molecule has 1 aromatic heterocycles. The zero-order valence-corrected chi connectivity index (χ0v) is 15.4. The molecule has 0 radical (unpaired) electrons. The molecule has 0 aliphatic carbocycles. The molecule has 25 heavy (non-hydrogen) atoms. The summed E-state index contributed by atoms with van der Waals surface area (Å²) >= 11 is 0. The third kappa shape index (κ3) is 2.66. The lowest BCUT2D eigenvalue weighted by Gasteiger charge is -2.42. The Hall–Kier alpha value is -2.48. The number of aliphatic imine (C=N–C) groups is 1. The molecular weight excluding hydrogens is 304 g/mol. The molecule has 1 unspecified atom stereocenters. The Bertz CT molecular complexity index is 979. The monoisotopic (exact) mass is 328 g/mol. The number of fused-ring (bicyclic) bond motifs is 2.